The Morgan fingerprint density at radius 2 is 2.11 bits per heavy atom. The summed E-state index contributed by atoms with van der Waals surface area (Å²) in [5.74, 6) is -0.229. The fourth-order valence-electron chi connectivity index (χ4n) is 1.64. The first-order chi connectivity index (χ1) is 8.49. The van der Waals surface area contributed by atoms with Crippen LogP contribution >= 0.6 is 0 Å². The quantitative estimate of drug-likeness (QED) is 0.856. The molecule has 2 rings (SSSR count). The van der Waals surface area contributed by atoms with Crippen molar-refractivity contribution in [3.05, 3.63) is 18.5 Å². The molecule has 2 aromatic heterocycles. The van der Waals surface area contributed by atoms with Crippen molar-refractivity contribution in [3.8, 4) is 0 Å². The second kappa shape index (κ2) is 4.73. The molecule has 0 aromatic carbocycles. The fourth-order valence-corrected chi connectivity index (χ4v) is 1.64. The summed E-state index contributed by atoms with van der Waals surface area (Å²) in [5.41, 5.74) is 6.93. The number of rotatable bonds is 3. The number of nitrogens with one attached hydrogen (secondary N) is 1. The summed E-state index contributed by atoms with van der Waals surface area (Å²) in [6.45, 7) is 5.72. The van der Waals surface area contributed by atoms with Crippen LogP contribution in [0.25, 0.3) is 11.0 Å². The number of amides is 1. The minimum absolute atomic E-state index is 0.229. The first kappa shape index (κ1) is 12.5. The van der Waals surface area contributed by atoms with Gasteiger partial charge in [-0.2, -0.15) is 5.10 Å². The molecule has 0 aliphatic heterocycles. The summed E-state index contributed by atoms with van der Waals surface area (Å²) < 4.78 is 1.84. The summed E-state index contributed by atoms with van der Waals surface area (Å²) in [7, 11) is 0. The van der Waals surface area contributed by atoms with Gasteiger partial charge in [0.25, 0.3) is 0 Å². The van der Waals surface area contributed by atoms with E-state index in [1.807, 2.05) is 24.6 Å². The van der Waals surface area contributed by atoms with Crippen LogP contribution in [0.3, 0.4) is 0 Å². The van der Waals surface area contributed by atoms with E-state index in [1.54, 1.807) is 19.3 Å². The zero-order valence-electron chi connectivity index (χ0n) is 10.7. The van der Waals surface area contributed by atoms with Crippen LogP contribution in [0.15, 0.2) is 18.5 Å². The second-order valence-corrected chi connectivity index (χ2v) is 4.60. The van der Waals surface area contributed by atoms with Gasteiger partial charge in [0.05, 0.1) is 24.1 Å². The van der Waals surface area contributed by atoms with Crippen molar-refractivity contribution >= 4 is 22.6 Å². The average molecular weight is 247 g/mol. The van der Waals surface area contributed by atoms with Gasteiger partial charge in [-0.15, -0.1) is 0 Å². The lowest BCUT2D eigenvalue weighted by molar-refractivity contribution is -0.117. The standard InChI is InChI=1S/C12H17N5O/c1-7(2)17-11-9(5-15-17)4-10(6-14-11)16-12(18)8(3)13/h4-8H,13H2,1-3H3,(H,16,18)/t8-/m0/s1. The molecule has 6 nitrogen and oxygen atoms in total. The number of pyridine rings is 1. The Balaban J connectivity index is 2.32. The van der Waals surface area contributed by atoms with E-state index in [9.17, 15) is 4.79 Å². The SMILES string of the molecule is CC(C)n1ncc2cc(NC(=O)[C@H](C)N)cnc21. The summed E-state index contributed by atoms with van der Waals surface area (Å²) >= 11 is 0. The third-order valence-electron chi connectivity index (χ3n) is 2.60. The topological polar surface area (TPSA) is 85.8 Å². The van der Waals surface area contributed by atoms with Crippen molar-refractivity contribution in [3.63, 3.8) is 0 Å². The summed E-state index contributed by atoms with van der Waals surface area (Å²) in [6, 6.07) is 1.55. The van der Waals surface area contributed by atoms with Gasteiger partial charge in [-0.1, -0.05) is 0 Å². The molecule has 0 aliphatic rings. The molecule has 0 bridgehead atoms. The molecule has 96 valence electrons. The Hall–Kier alpha value is -1.95. The molecule has 0 radical (unpaired) electrons. The monoisotopic (exact) mass is 247 g/mol. The molecule has 0 fully saturated rings. The van der Waals surface area contributed by atoms with Gasteiger partial charge in [-0.05, 0) is 26.8 Å². The number of carbonyl (C=O) groups excluding carboxylic acids is 1. The maximum Gasteiger partial charge on any atom is 0.241 e. The molecule has 2 aromatic rings. The van der Waals surface area contributed by atoms with Crippen LogP contribution in [0.4, 0.5) is 5.69 Å². The summed E-state index contributed by atoms with van der Waals surface area (Å²) in [6.07, 6.45) is 3.35. The number of hydrogen-bond donors (Lipinski definition) is 2. The van der Waals surface area contributed by atoms with Gasteiger partial charge in [0, 0.05) is 11.4 Å². The molecule has 6 heteroatoms. The molecule has 18 heavy (non-hydrogen) atoms. The predicted molar refractivity (Wildman–Crippen MR) is 70.2 cm³/mol. The maximum absolute atomic E-state index is 11.5. The highest BCUT2D eigenvalue weighted by atomic mass is 16.2. The number of nitrogens with two attached hydrogens (primary N) is 1. The zero-order valence-corrected chi connectivity index (χ0v) is 10.7. The smallest absolute Gasteiger partial charge is 0.241 e. The number of carbonyl (C=O) groups is 1. The maximum atomic E-state index is 11.5. The van der Waals surface area contributed by atoms with Crippen LogP contribution in [0.5, 0.6) is 0 Å². The van der Waals surface area contributed by atoms with E-state index >= 15 is 0 Å². The molecule has 0 saturated carbocycles. The highest BCUT2D eigenvalue weighted by Gasteiger charge is 2.10. The highest BCUT2D eigenvalue weighted by molar-refractivity contribution is 5.95. The molecule has 2 heterocycles. The van der Waals surface area contributed by atoms with E-state index in [2.05, 4.69) is 15.4 Å². The lowest BCUT2D eigenvalue weighted by atomic mass is 10.3. The van der Waals surface area contributed by atoms with Gasteiger partial charge < -0.3 is 11.1 Å². The van der Waals surface area contributed by atoms with Crippen LogP contribution in [0, 0.1) is 0 Å². The largest absolute Gasteiger partial charge is 0.323 e. The third-order valence-corrected chi connectivity index (χ3v) is 2.60. The van der Waals surface area contributed by atoms with Crippen LogP contribution in [0.1, 0.15) is 26.8 Å². The highest BCUT2D eigenvalue weighted by Crippen LogP contribution is 2.18. The molecule has 0 saturated heterocycles. The number of aromatic nitrogens is 3. The summed E-state index contributed by atoms with van der Waals surface area (Å²) in [4.78, 5) is 15.8. The molecule has 0 spiro atoms. The predicted octanol–water partition coefficient (Wildman–Crippen LogP) is 1.30. The number of anilines is 1. The third kappa shape index (κ3) is 2.33. The van der Waals surface area contributed by atoms with Crippen molar-refractivity contribution < 1.29 is 4.79 Å². The van der Waals surface area contributed by atoms with Crippen molar-refractivity contribution in [2.75, 3.05) is 5.32 Å². The minimum Gasteiger partial charge on any atom is -0.323 e. The molecular weight excluding hydrogens is 230 g/mol. The Labute approximate surface area is 105 Å². The van der Waals surface area contributed by atoms with E-state index in [-0.39, 0.29) is 11.9 Å². The van der Waals surface area contributed by atoms with Gasteiger partial charge in [0.2, 0.25) is 5.91 Å². The molecule has 1 atom stereocenters. The first-order valence-corrected chi connectivity index (χ1v) is 5.88. The lowest BCUT2D eigenvalue weighted by Crippen LogP contribution is -2.32. The van der Waals surface area contributed by atoms with E-state index in [0.29, 0.717) is 5.69 Å². The first-order valence-electron chi connectivity index (χ1n) is 5.88. The van der Waals surface area contributed by atoms with Gasteiger partial charge in [-0.25, -0.2) is 9.67 Å². The van der Waals surface area contributed by atoms with Crippen LogP contribution < -0.4 is 11.1 Å². The van der Waals surface area contributed by atoms with E-state index < -0.39 is 6.04 Å². The second-order valence-electron chi connectivity index (χ2n) is 4.60. The molecule has 1 amide bonds. The Kier molecular flexibility index (Phi) is 3.29. The van der Waals surface area contributed by atoms with E-state index in [1.165, 1.54) is 0 Å². The van der Waals surface area contributed by atoms with Crippen LogP contribution in [-0.2, 0) is 4.79 Å². The van der Waals surface area contributed by atoms with Gasteiger partial charge in [0.15, 0.2) is 5.65 Å². The van der Waals surface area contributed by atoms with Gasteiger partial charge in [-0.3, -0.25) is 4.79 Å². The molecular formula is C12H17N5O. The molecule has 0 aliphatic carbocycles. The Bertz CT molecular complexity index is 573. The lowest BCUT2D eigenvalue weighted by Gasteiger charge is -2.08. The van der Waals surface area contributed by atoms with Crippen molar-refractivity contribution in [2.24, 2.45) is 5.73 Å². The van der Waals surface area contributed by atoms with Crippen molar-refractivity contribution in [1.82, 2.24) is 14.8 Å². The Morgan fingerprint density at radius 1 is 1.39 bits per heavy atom. The minimum atomic E-state index is -0.543. The molecule has 3 N–H and O–H groups in total. The zero-order chi connectivity index (χ0) is 13.3. The van der Waals surface area contributed by atoms with Crippen LogP contribution in [0.2, 0.25) is 0 Å². The fraction of sp³-hybridized carbons (Fsp3) is 0.417. The summed E-state index contributed by atoms with van der Waals surface area (Å²) in [5, 5.41) is 7.87. The van der Waals surface area contributed by atoms with Crippen molar-refractivity contribution in [1.29, 1.82) is 0 Å². The van der Waals surface area contributed by atoms with Crippen molar-refractivity contribution in [2.45, 2.75) is 32.9 Å². The molecule has 0 unspecified atom stereocenters. The normalized spacial score (nSPS) is 12.9. The van der Waals surface area contributed by atoms with E-state index in [0.717, 1.165) is 11.0 Å². The van der Waals surface area contributed by atoms with Crippen LogP contribution in [-0.4, -0.2) is 26.7 Å². The number of hydrogen-bond acceptors (Lipinski definition) is 4. The number of nitrogens with zero attached hydrogens (tertiary/aromatic N) is 3. The average Bonchev–Trinajstić information content (AvgIpc) is 2.71. The van der Waals surface area contributed by atoms with Gasteiger partial charge in [0.1, 0.15) is 0 Å². The van der Waals surface area contributed by atoms with Gasteiger partial charge >= 0.3 is 0 Å². The van der Waals surface area contributed by atoms with E-state index in [4.69, 9.17) is 5.73 Å². The Morgan fingerprint density at radius 3 is 2.72 bits per heavy atom. The number of fused-ring (bicyclic) bond motifs is 1.